The van der Waals surface area contributed by atoms with Crippen LogP contribution in [-0.2, 0) is 5.41 Å². The lowest BCUT2D eigenvalue weighted by atomic mass is 9.78. The first-order valence-corrected chi connectivity index (χ1v) is 9.56. The molecular weight excluding hydrogens is 294 g/mol. The highest BCUT2D eigenvalue weighted by molar-refractivity contribution is 7.99. The van der Waals surface area contributed by atoms with Gasteiger partial charge in [-0.1, -0.05) is 25.0 Å². The Morgan fingerprint density at radius 1 is 1.27 bits per heavy atom. The van der Waals surface area contributed by atoms with Crippen molar-refractivity contribution in [2.75, 3.05) is 25.2 Å². The molecule has 0 aromatic heterocycles. The summed E-state index contributed by atoms with van der Waals surface area (Å²) in [6, 6.07) is 6.32. The van der Waals surface area contributed by atoms with Gasteiger partial charge in [0.1, 0.15) is 6.10 Å². The highest BCUT2D eigenvalue weighted by atomic mass is 32.2. The molecule has 1 aliphatic heterocycles. The summed E-state index contributed by atoms with van der Waals surface area (Å²) in [6.07, 6.45) is 7.51. The fourth-order valence-electron chi connectivity index (χ4n) is 3.86. The molecule has 0 radical (unpaired) electrons. The number of methoxy groups -OCH3 is 1. The van der Waals surface area contributed by atoms with Crippen LogP contribution >= 0.6 is 11.8 Å². The predicted molar refractivity (Wildman–Crippen MR) is 93.2 cm³/mol. The van der Waals surface area contributed by atoms with Crippen LogP contribution in [0.4, 0.5) is 0 Å². The van der Waals surface area contributed by atoms with Gasteiger partial charge in [0.2, 0.25) is 0 Å². The molecule has 0 bridgehead atoms. The largest absolute Gasteiger partial charge is 0.493 e. The molecule has 0 spiro atoms. The number of ether oxygens (including phenoxy) is 2. The minimum absolute atomic E-state index is 0.0754. The highest BCUT2D eigenvalue weighted by Crippen LogP contribution is 2.47. The Kier molecular flexibility index (Phi) is 5.19. The van der Waals surface area contributed by atoms with Crippen molar-refractivity contribution >= 4 is 11.8 Å². The normalized spacial score (nSPS) is 24.2. The van der Waals surface area contributed by atoms with Crippen LogP contribution in [0, 0.1) is 0 Å². The third-order valence-corrected chi connectivity index (χ3v) is 6.30. The van der Waals surface area contributed by atoms with E-state index in [-0.39, 0.29) is 5.41 Å². The topological polar surface area (TPSA) is 44.5 Å². The van der Waals surface area contributed by atoms with E-state index in [2.05, 4.69) is 12.1 Å². The van der Waals surface area contributed by atoms with E-state index in [1.807, 2.05) is 17.8 Å². The molecule has 1 saturated carbocycles. The zero-order valence-electron chi connectivity index (χ0n) is 13.5. The summed E-state index contributed by atoms with van der Waals surface area (Å²) in [7, 11) is 1.75. The standard InChI is InChI=1S/C18H27NO2S/c1-20-17-15(18(13-19)9-2-3-10-18)7-4-8-16(17)21-14-6-5-11-22-12-14/h4,7-8,14H,2-3,5-6,9-13,19H2,1H3. The average Bonchev–Trinajstić information content (AvgIpc) is 3.06. The molecule has 0 amide bonds. The number of rotatable bonds is 5. The minimum Gasteiger partial charge on any atom is -0.493 e. The first-order valence-electron chi connectivity index (χ1n) is 8.41. The molecule has 4 heteroatoms. The summed E-state index contributed by atoms with van der Waals surface area (Å²) in [6.45, 7) is 0.687. The lowest BCUT2D eigenvalue weighted by Gasteiger charge is -2.31. The van der Waals surface area contributed by atoms with Crippen molar-refractivity contribution < 1.29 is 9.47 Å². The van der Waals surface area contributed by atoms with Gasteiger partial charge >= 0.3 is 0 Å². The summed E-state index contributed by atoms with van der Waals surface area (Å²) < 4.78 is 12.1. The monoisotopic (exact) mass is 321 g/mol. The number of para-hydroxylation sites is 1. The van der Waals surface area contributed by atoms with E-state index in [0.29, 0.717) is 12.6 Å². The third-order valence-electron chi connectivity index (χ3n) is 5.12. The summed E-state index contributed by atoms with van der Waals surface area (Å²) in [5, 5.41) is 0. The molecule has 3 nitrogen and oxygen atoms in total. The second kappa shape index (κ2) is 7.14. The van der Waals surface area contributed by atoms with E-state index < -0.39 is 0 Å². The Bertz CT molecular complexity index is 494. The van der Waals surface area contributed by atoms with Crippen LogP contribution in [0.1, 0.15) is 44.1 Å². The zero-order chi connectivity index (χ0) is 15.4. The molecule has 1 unspecified atom stereocenters. The molecule has 122 valence electrons. The minimum atomic E-state index is 0.0754. The second-order valence-electron chi connectivity index (χ2n) is 6.49. The van der Waals surface area contributed by atoms with Gasteiger partial charge in [0.15, 0.2) is 11.5 Å². The molecule has 1 heterocycles. The van der Waals surface area contributed by atoms with Gasteiger partial charge < -0.3 is 15.2 Å². The quantitative estimate of drug-likeness (QED) is 0.897. The molecule has 2 N–H and O–H groups in total. The third kappa shape index (κ3) is 3.09. The second-order valence-corrected chi connectivity index (χ2v) is 7.64. The van der Waals surface area contributed by atoms with E-state index in [4.69, 9.17) is 15.2 Å². The van der Waals surface area contributed by atoms with Crippen LogP contribution in [0.25, 0.3) is 0 Å². The van der Waals surface area contributed by atoms with Crippen molar-refractivity contribution in [3.8, 4) is 11.5 Å². The smallest absolute Gasteiger partial charge is 0.164 e. The Balaban J connectivity index is 1.89. The number of benzene rings is 1. The molecule has 22 heavy (non-hydrogen) atoms. The van der Waals surface area contributed by atoms with Crippen molar-refractivity contribution in [3.63, 3.8) is 0 Å². The zero-order valence-corrected chi connectivity index (χ0v) is 14.3. The highest BCUT2D eigenvalue weighted by Gasteiger charge is 2.37. The van der Waals surface area contributed by atoms with E-state index in [9.17, 15) is 0 Å². The first-order chi connectivity index (χ1) is 10.8. The van der Waals surface area contributed by atoms with Crippen LogP contribution in [0.15, 0.2) is 18.2 Å². The summed E-state index contributed by atoms with van der Waals surface area (Å²) in [5.74, 6) is 4.14. The Morgan fingerprint density at radius 3 is 2.73 bits per heavy atom. The number of hydrogen-bond donors (Lipinski definition) is 1. The van der Waals surface area contributed by atoms with E-state index >= 15 is 0 Å². The molecule has 2 aliphatic rings. The maximum Gasteiger partial charge on any atom is 0.164 e. The lowest BCUT2D eigenvalue weighted by molar-refractivity contribution is 0.200. The van der Waals surface area contributed by atoms with Crippen LogP contribution in [0.2, 0.25) is 0 Å². The molecule has 1 aromatic carbocycles. The summed E-state index contributed by atoms with van der Waals surface area (Å²) in [5.41, 5.74) is 7.48. The number of hydrogen-bond acceptors (Lipinski definition) is 4. The van der Waals surface area contributed by atoms with Gasteiger partial charge in [0, 0.05) is 23.3 Å². The van der Waals surface area contributed by atoms with Crippen molar-refractivity contribution in [1.29, 1.82) is 0 Å². The van der Waals surface area contributed by atoms with Gasteiger partial charge in [0.05, 0.1) is 7.11 Å². The number of thioether (sulfide) groups is 1. The predicted octanol–water partition coefficient (Wildman–Crippen LogP) is 3.74. The van der Waals surface area contributed by atoms with E-state index in [1.54, 1.807) is 7.11 Å². The Hall–Kier alpha value is -0.870. The van der Waals surface area contributed by atoms with E-state index in [0.717, 1.165) is 36.5 Å². The molecule has 1 aliphatic carbocycles. The fourth-order valence-corrected chi connectivity index (χ4v) is 4.89. The van der Waals surface area contributed by atoms with Crippen molar-refractivity contribution in [2.24, 2.45) is 5.73 Å². The van der Waals surface area contributed by atoms with Gasteiger partial charge in [-0.05, 0) is 37.5 Å². The molecule has 1 saturated heterocycles. The molecular formula is C18H27NO2S. The Labute approximate surface area is 137 Å². The molecule has 3 rings (SSSR count). The fraction of sp³-hybridized carbons (Fsp3) is 0.667. The van der Waals surface area contributed by atoms with Crippen LogP contribution < -0.4 is 15.2 Å². The van der Waals surface area contributed by atoms with Crippen molar-refractivity contribution in [2.45, 2.75) is 50.0 Å². The van der Waals surface area contributed by atoms with Crippen molar-refractivity contribution in [3.05, 3.63) is 23.8 Å². The van der Waals surface area contributed by atoms with Crippen LogP contribution in [0.5, 0.6) is 11.5 Å². The maximum absolute atomic E-state index is 6.28. The van der Waals surface area contributed by atoms with Gasteiger partial charge in [-0.3, -0.25) is 0 Å². The average molecular weight is 321 g/mol. The lowest BCUT2D eigenvalue weighted by Crippen LogP contribution is -2.32. The van der Waals surface area contributed by atoms with Gasteiger partial charge in [-0.2, -0.15) is 11.8 Å². The van der Waals surface area contributed by atoms with Crippen LogP contribution in [-0.4, -0.2) is 31.3 Å². The summed E-state index contributed by atoms with van der Waals surface area (Å²) >= 11 is 1.98. The van der Waals surface area contributed by atoms with Crippen molar-refractivity contribution in [1.82, 2.24) is 0 Å². The van der Waals surface area contributed by atoms with Gasteiger partial charge in [-0.15, -0.1) is 0 Å². The van der Waals surface area contributed by atoms with Crippen LogP contribution in [0.3, 0.4) is 0 Å². The summed E-state index contributed by atoms with van der Waals surface area (Å²) in [4.78, 5) is 0. The van der Waals surface area contributed by atoms with E-state index in [1.165, 1.54) is 30.6 Å². The molecule has 2 fully saturated rings. The maximum atomic E-state index is 6.28. The van der Waals surface area contributed by atoms with Gasteiger partial charge in [-0.25, -0.2) is 0 Å². The van der Waals surface area contributed by atoms with Gasteiger partial charge in [0.25, 0.3) is 0 Å². The number of nitrogens with two attached hydrogens (primary N) is 1. The first kappa shape index (κ1) is 16.0. The SMILES string of the molecule is COc1c(OC2CCCSC2)cccc1C1(CN)CCCC1. The molecule has 1 atom stereocenters. The molecule has 1 aromatic rings. The Morgan fingerprint density at radius 2 is 2.09 bits per heavy atom.